The molecule has 2 amide bonds. The quantitative estimate of drug-likeness (QED) is 0.706. The molecule has 0 spiro atoms. The number of carbonyl (C=O) groups is 2. The van der Waals surface area contributed by atoms with Gasteiger partial charge in [-0.3, -0.25) is 14.3 Å². The lowest BCUT2D eigenvalue weighted by molar-refractivity contribution is -0.114. The SMILES string of the molecule is CC(=O)Nc1ccc(S(=O)(=O)Nc2sc3c(c2C(N)=O)CC[C@@H](C)C3)cc1. The van der Waals surface area contributed by atoms with Crippen LogP contribution in [0.15, 0.2) is 29.2 Å². The van der Waals surface area contributed by atoms with Crippen molar-refractivity contribution in [2.24, 2.45) is 11.7 Å². The van der Waals surface area contributed by atoms with Crippen molar-refractivity contribution in [1.82, 2.24) is 0 Å². The maximum absolute atomic E-state index is 12.7. The first-order chi connectivity index (χ1) is 12.7. The highest BCUT2D eigenvalue weighted by Gasteiger charge is 2.28. The largest absolute Gasteiger partial charge is 0.365 e. The summed E-state index contributed by atoms with van der Waals surface area (Å²) in [6.07, 6.45) is 2.48. The van der Waals surface area contributed by atoms with E-state index in [1.54, 1.807) is 0 Å². The number of anilines is 2. The Hall–Kier alpha value is -2.39. The maximum atomic E-state index is 12.7. The fourth-order valence-corrected chi connectivity index (χ4v) is 5.91. The smallest absolute Gasteiger partial charge is 0.262 e. The minimum Gasteiger partial charge on any atom is -0.365 e. The van der Waals surface area contributed by atoms with Crippen LogP contribution in [0.4, 0.5) is 10.7 Å². The van der Waals surface area contributed by atoms with Crippen LogP contribution in [-0.4, -0.2) is 20.2 Å². The normalized spacial score (nSPS) is 16.4. The van der Waals surface area contributed by atoms with Gasteiger partial charge in [0, 0.05) is 17.5 Å². The molecule has 0 bridgehead atoms. The molecule has 1 atom stereocenters. The highest BCUT2D eigenvalue weighted by Crippen LogP contribution is 2.40. The van der Waals surface area contributed by atoms with Crippen molar-refractivity contribution in [2.45, 2.75) is 38.0 Å². The third-order valence-electron chi connectivity index (χ3n) is 4.47. The molecule has 7 nitrogen and oxygen atoms in total. The summed E-state index contributed by atoms with van der Waals surface area (Å²) in [4.78, 5) is 24.1. The number of nitrogens with one attached hydrogen (secondary N) is 2. The molecule has 0 aliphatic heterocycles. The van der Waals surface area contributed by atoms with Crippen molar-refractivity contribution in [2.75, 3.05) is 10.0 Å². The number of amides is 2. The lowest BCUT2D eigenvalue weighted by Gasteiger charge is -2.18. The van der Waals surface area contributed by atoms with Crippen LogP contribution in [0, 0.1) is 5.92 Å². The number of rotatable bonds is 5. The van der Waals surface area contributed by atoms with E-state index in [0.717, 1.165) is 29.7 Å². The molecule has 1 aliphatic rings. The number of nitrogens with two attached hydrogens (primary N) is 1. The molecule has 0 radical (unpaired) electrons. The summed E-state index contributed by atoms with van der Waals surface area (Å²) in [5.41, 5.74) is 7.18. The first-order valence-electron chi connectivity index (χ1n) is 8.52. The highest BCUT2D eigenvalue weighted by atomic mass is 32.2. The molecule has 9 heteroatoms. The van der Waals surface area contributed by atoms with Crippen LogP contribution in [0.5, 0.6) is 0 Å². The van der Waals surface area contributed by atoms with Crippen molar-refractivity contribution in [3.05, 3.63) is 40.3 Å². The Morgan fingerprint density at radius 1 is 1.22 bits per heavy atom. The second-order valence-electron chi connectivity index (χ2n) is 6.73. The number of sulfonamides is 1. The zero-order valence-corrected chi connectivity index (χ0v) is 16.7. The number of hydrogen-bond acceptors (Lipinski definition) is 5. The molecule has 1 heterocycles. The summed E-state index contributed by atoms with van der Waals surface area (Å²) in [6, 6.07) is 5.80. The molecular formula is C18H21N3O4S2. The molecule has 1 aromatic carbocycles. The van der Waals surface area contributed by atoms with Crippen molar-refractivity contribution < 1.29 is 18.0 Å². The third kappa shape index (κ3) is 4.14. The second kappa shape index (κ2) is 7.32. The summed E-state index contributed by atoms with van der Waals surface area (Å²) < 4.78 is 28.0. The summed E-state index contributed by atoms with van der Waals surface area (Å²) >= 11 is 1.28. The van der Waals surface area contributed by atoms with Crippen LogP contribution in [0.25, 0.3) is 0 Å². The number of fused-ring (bicyclic) bond motifs is 1. The van der Waals surface area contributed by atoms with E-state index in [1.807, 2.05) is 0 Å². The molecule has 2 aromatic rings. The van der Waals surface area contributed by atoms with Crippen molar-refractivity contribution in [1.29, 1.82) is 0 Å². The topological polar surface area (TPSA) is 118 Å². The summed E-state index contributed by atoms with van der Waals surface area (Å²) in [6.45, 7) is 3.50. The molecule has 4 N–H and O–H groups in total. The van der Waals surface area contributed by atoms with Gasteiger partial charge in [0.2, 0.25) is 5.91 Å². The van der Waals surface area contributed by atoms with Gasteiger partial charge in [0.1, 0.15) is 5.00 Å². The zero-order chi connectivity index (χ0) is 19.8. The van der Waals surface area contributed by atoms with Gasteiger partial charge in [-0.1, -0.05) is 6.92 Å². The van der Waals surface area contributed by atoms with Crippen molar-refractivity contribution in [3.63, 3.8) is 0 Å². The van der Waals surface area contributed by atoms with Gasteiger partial charge in [0.15, 0.2) is 0 Å². The fourth-order valence-electron chi connectivity index (χ4n) is 3.18. The van der Waals surface area contributed by atoms with E-state index < -0.39 is 15.9 Å². The standard InChI is InChI=1S/C18H21N3O4S2/c1-10-3-8-14-15(9-10)26-18(16(14)17(19)23)21-27(24,25)13-6-4-12(5-7-13)20-11(2)22/h4-7,10,21H,3,8-9H2,1-2H3,(H2,19,23)(H,20,22)/t10-/m1/s1. The van der Waals surface area contributed by atoms with Gasteiger partial charge in [-0.05, 0) is 55.0 Å². The number of primary amides is 1. The predicted octanol–water partition coefficient (Wildman–Crippen LogP) is 2.73. The molecule has 144 valence electrons. The first-order valence-corrected chi connectivity index (χ1v) is 10.8. The van der Waals surface area contributed by atoms with Crippen molar-refractivity contribution >= 4 is 43.9 Å². The van der Waals surface area contributed by atoms with Crippen molar-refractivity contribution in [3.8, 4) is 0 Å². The van der Waals surface area contributed by atoms with Crippen LogP contribution in [0.3, 0.4) is 0 Å². The summed E-state index contributed by atoms with van der Waals surface area (Å²) in [5, 5.41) is 2.85. The zero-order valence-electron chi connectivity index (χ0n) is 15.0. The minimum absolute atomic E-state index is 0.0340. The number of thiophene rings is 1. The van der Waals surface area contributed by atoms with E-state index in [4.69, 9.17) is 5.73 Å². The van der Waals surface area contributed by atoms with Gasteiger partial charge in [0.05, 0.1) is 10.5 Å². The highest BCUT2D eigenvalue weighted by molar-refractivity contribution is 7.93. The monoisotopic (exact) mass is 407 g/mol. The van der Waals surface area contributed by atoms with Gasteiger partial charge < -0.3 is 11.1 Å². The Morgan fingerprint density at radius 2 is 1.89 bits per heavy atom. The van der Waals surface area contributed by atoms with Crippen LogP contribution in [0.1, 0.15) is 41.1 Å². The van der Waals surface area contributed by atoms with Crippen LogP contribution < -0.4 is 15.8 Å². The van der Waals surface area contributed by atoms with E-state index >= 15 is 0 Å². The minimum atomic E-state index is -3.89. The molecule has 1 aliphatic carbocycles. The lowest BCUT2D eigenvalue weighted by Crippen LogP contribution is -2.19. The number of carbonyl (C=O) groups excluding carboxylic acids is 2. The van der Waals surface area contributed by atoms with E-state index in [2.05, 4.69) is 17.0 Å². The second-order valence-corrected chi connectivity index (χ2v) is 9.52. The maximum Gasteiger partial charge on any atom is 0.262 e. The molecular weight excluding hydrogens is 386 g/mol. The Bertz CT molecular complexity index is 994. The molecule has 0 saturated carbocycles. The van der Waals surface area contributed by atoms with Crippen LogP contribution >= 0.6 is 11.3 Å². The average Bonchev–Trinajstić information content (AvgIpc) is 2.90. The average molecular weight is 408 g/mol. The summed E-state index contributed by atoms with van der Waals surface area (Å²) in [7, 11) is -3.89. The predicted molar refractivity (Wildman–Crippen MR) is 106 cm³/mol. The molecule has 0 unspecified atom stereocenters. The third-order valence-corrected chi connectivity index (χ3v) is 7.13. The number of hydrogen-bond donors (Lipinski definition) is 3. The number of benzene rings is 1. The Balaban J connectivity index is 1.92. The fraction of sp³-hybridized carbons (Fsp3) is 0.333. The lowest BCUT2D eigenvalue weighted by atomic mass is 9.88. The van der Waals surface area contributed by atoms with Crippen LogP contribution in [-0.2, 0) is 27.7 Å². The van der Waals surface area contributed by atoms with Gasteiger partial charge in [-0.15, -0.1) is 11.3 Å². The molecule has 27 heavy (non-hydrogen) atoms. The Kier molecular flexibility index (Phi) is 5.25. The van der Waals surface area contributed by atoms with E-state index in [-0.39, 0.29) is 21.4 Å². The van der Waals surface area contributed by atoms with Gasteiger partial charge in [0.25, 0.3) is 15.9 Å². The van der Waals surface area contributed by atoms with Gasteiger partial charge >= 0.3 is 0 Å². The summed E-state index contributed by atoms with van der Waals surface area (Å²) in [5.74, 6) is -0.378. The Labute approximate surface area is 162 Å². The molecule has 0 saturated heterocycles. The van der Waals surface area contributed by atoms with E-state index in [0.29, 0.717) is 11.6 Å². The van der Waals surface area contributed by atoms with Crippen LogP contribution in [0.2, 0.25) is 0 Å². The molecule has 0 fully saturated rings. The van der Waals surface area contributed by atoms with E-state index in [1.165, 1.54) is 42.5 Å². The van der Waals surface area contributed by atoms with E-state index in [9.17, 15) is 18.0 Å². The van der Waals surface area contributed by atoms with Gasteiger partial charge in [-0.25, -0.2) is 8.42 Å². The Morgan fingerprint density at radius 3 is 2.48 bits per heavy atom. The first kappa shape index (κ1) is 19.4. The van der Waals surface area contributed by atoms with Gasteiger partial charge in [-0.2, -0.15) is 0 Å². The molecule has 3 rings (SSSR count). The molecule has 1 aromatic heterocycles.